The SMILES string of the molecule is Cc1sc2ncn(NC(=O)CC(C)c3ccccc3)c(=O)c2c1-c1ccccc1. The maximum absolute atomic E-state index is 13.1. The van der Waals surface area contributed by atoms with Gasteiger partial charge in [0.25, 0.3) is 5.56 Å². The number of carbonyl (C=O) groups is 1. The number of aromatic nitrogens is 2. The molecule has 0 saturated heterocycles. The highest BCUT2D eigenvalue weighted by atomic mass is 32.1. The van der Waals surface area contributed by atoms with Gasteiger partial charge in [-0.3, -0.25) is 15.0 Å². The zero-order chi connectivity index (χ0) is 20.4. The summed E-state index contributed by atoms with van der Waals surface area (Å²) < 4.78 is 1.20. The van der Waals surface area contributed by atoms with Crippen molar-refractivity contribution in [1.82, 2.24) is 9.66 Å². The van der Waals surface area contributed by atoms with Crippen LogP contribution < -0.4 is 11.0 Å². The van der Waals surface area contributed by atoms with Gasteiger partial charge in [0, 0.05) is 16.9 Å². The molecule has 1 atom stereocenters. The largest absolute Gasteiger partial charge is 0.281 e. The highest BCUT2D eigenvalue weighted by Gasteiger charge is 2.18. The number of rotatable bonds is 5. The molecule has 2 heterocycles. The summed E-state index contributed by atoms with van der Waals surface area (Å²) in [6.07, 6.45) is 1.67. The monoisotopic (exact) mass is 403 g/mol. The molecular weight excluding hydrogens is 382 g/mol. The number of aryl methyl sites for hydroxylation is 1. The normalized spacial score (nSPS) is 12.1. The van der Waals surface area contributed by atoms with Gasteiger partial charge in [0.05, 0.1) is 5.39 Å². The van der Waals surface area contributed by atoms with E-state index in [9.17, 15) is 9.59 Å². The highest BCUT2D eigenvalue weighted by Crippen LogP contribution is 2.35. The second kappa shape index (κ2) is 8.01. The van der Waals surface area contributed by atoms with Gasteiger partial charge in [-0.15, -0.1) is 11.3 Å². The third kappa shape index (κ3) is 3.84. The molecule has 0 bridgehead atoms. The van der Waals surface area contributed by atoms with E-state index in [1.54, 1.807) is 0 Å². The molecular formula is C23H21N3O2S. The van der Waals surface area contributed by atoms with Crippen molar-refractivity contribution < 1.29 is 4.79 Å². The lowest BCUT2D eigenvalue weighted by atomic mass is 9.98. The number of amides is 1. The Balaban J connectivity index is 1.64. The van der Waals surface area contributed by atoms with Gasteiger partial charge in [0.15, 0.2) is 0 Å². The maximum Gasteiger partial charge on any atom is 0.281 e. The smallest absolute Gasteiger partial charge is 0.273 e. The van der Waals surface area contributed by atoms with Gasteiger partial charge < -0.3 is 0 Å². The van der Waals surface area contributed by atoms with Crippen molar-refractivity contribution in [3.63, 3.8) is 0 Å². The Kier molecular flexibility index (Phi) is 5.27. The third-order valence-corrected chi connectivity index (χ3v) is 5.97. The lowest BCUT2D eigenvalue weighted by Gasteiger charge is -2.13. The Hall–Kier alpha value is -3.25. The Labute approximate surface area is 172 Å². The molecule has 0 aliphatic heterocycles. The standard InChI is InChI=1S/C23H21N3O2S/c1-15(17-9-5-3-6-10-17)13-19(27)25-26-14-24-22-21(23(26)28)20(16(2)29-22)18-11-7-4-8-12-18/h3-12,14-15H,13H2,1-2H3,(H,25,27). The van der Waals surface area contributed by atoms with E-state index in [0.717, 1.165) is 21.6 Å². The van der Waals surface area contributed by atoms with E-state index in [0.29, 0.717) is 10.2 Å². The molecule has 6 heteroatoms. The van der Waals surface area contributed by atoms with E-state index in [1.165, 1.54) is 22.3 Å². The van der Waals surface area contributed by atoms with Crippen LogP contribution in [-0.4, -0.2) is 15.6 Å². The zero-order valence-electron chi connectivity index (χ0n) is 16.3. The number of fused-ring (bicyclic) bond motifs is 1. The van der Waals surface area contributed by atoms with E-state index >= 15 is 0 Å². The molecule has 0 fully saturated rings. The third-order valence-electron chi connectivity index (χ3n) is 4.96. The molecule has 0 radical (unpaired) electrons. The minimum atomic E-state index is -0.265. The summed E-state index contributed by atoms with van der Waals surface area (Å²) in [5, 5.41) is 0.539. The molecule has 1 amide bonds. The zero-order valence-corrected chi connectivity index (χ0v) is 17.1. The van der Waals surface area contributed by atoms with Crippen LogP contribution in [0.15, 0.2) is 71.8 Å². The Morgan fingerprint density at radius 1 is 1.10 bits per heavy atom. The van der Waals surface area contributed by atoms with Gasteiger partial charge in [-0.25, -0.2) is 9.66 Å². The fourth-order valence-electron chi connectivity index (χ4n) is 3.49. The maximum atomic E-state index is 13.1. The van der Waals surface area contributed by atoms with Crippen LogP contribution in [0.3, 0.4) is 0 Å². The van der Waals surface area contributed by atoms with Crippen LogP contribution in [0.1, 0.15) is 29.7 Å². The molecule has 0 aliphatic rings. The molecule has 4 rings (SSSR count). The van der Waals surface area contributed by atoms with Crippen molar-refractivity contribution in [1.29, 1.82) is 0 Å². The predicted molar refractivity (Wildman–Crippen MR) is 118 cm³/mol. The van der Waals surface area contributed by atoms with Gasteiger partial charge in [0.2, 0.25) is 5.91 Å². The first-order valence-electron chi connectivity index (χ1n) is 9.45. The first kappa shape index (κ1) is 19.1. The number of carbonyl (C=O) groups excluding carboxylic acids is 1. The summed E-state index contributed by atoms with van der Waals surface area (Å²) in [5.74, 6) is -0.176. The first-order chi connectivity index (χ1) is 14.0. The fraction of sp³-hybridized carbons (Fsp3) is 0.174. The van der Waals surface area contributed by atoms with E-state index in [4.69, 9.17) is 0 Å². The summed E-state index contributed by atoms with van der Waals surface area (Å²) in [4.78, 5) is 31.8. The van der Waals surface area contributed by atoms with Crippen molar-refractivity contribution >= 4 is 27.5 Å². The number of nitrogens with one attached hydrogen (secondary N) is 1. The average molecular weight is 404 g/mol. The van der Waals surface area contributed by atoms with Crippen molar-refractivity contribution in [2.75, 3.05) is 5.43 Å². The molecule has 2 aromatic carbocycles. The van der Waals surface area contributed by atoms with Gasteiger partial charge >= 0.3 is 0 Å². The molecule has 146 valence electrons. The summed E-state index contributed by atoms with van der Waals surface area (Å²) in [7, 11) is 0. The molecule has 1 N–H and O–H groups in total. The number of benzene rings is 2. The molecule has 29 heavy (non-hydrogen) atoms. The lowest BCUT2D eigenvalue weighted by Crippen LogP contribution is -2.33. The van der Waals surface area contributed by atoms with Crippen molar-refractivity contribution in [3.8, 4) is 11.1 Å². The van der Waals surface area contributed by atoms with Gasteiger partial charge in [-0.1, -0.05) is 67.6 Å². The summed E-state index contributed by atoms with van der Waals surface area (Å²) in [5.41, 5.74) is 5.37. The molecule has 5 nitrogen and oxygen atoms in total. The van der Waals surface area contributed by atoms with Crippen molar-refractivity contribution in [2.45, 2.75) is 26.2 Å². The predicted octanol–water partition coefficient (Wildman–Crippen LogP) is 4.70. The van der Waals surface area contributed by atoms with Gasteiger partial charge in [-0.2, -0.15) is 0 Å². The average Bonchev–Trinajstić information content (AvgIpc) is 3.08. The van der Waals surface area contributed by atoms with E-state index in [1.807, 2.05) is 74.5 Å². The lowest BCUT2D eigenvalue weighted by molar-refractivity contribution is -0.117. The second-order valence-electron chi connectivity index (χ2n) is 7.05. The summed E-state index contributed by atoms with van der Waals surface area (Å²) in [6.45, 7) is 3.98. The second-order valence-corrected chi connectivity index (χ2v) is 8.25. The fourth-order valence-corrected chi connectivity index (χ4v) is 4.50. The number of hydrogen-bond acceptors (Lipinski definition) is 4. The Morgan fingerprint density at radius 3 is 2.45 bits per heavy atom. The topological polar surface area (TPSA) is 64.0 Å². The van der Waals surface area contributed by atoms with Gasteiger partial charge in [0.1, 0.15) is 11.2 Å². The number of hydrogen-bond donors (Lipinski definition) is 1. The molecule has 2 aromatic heterocycles. The van der Waals surface area contributed by atoms with E-state index < -0.39 is 0 Å². The van der Waals surface area contributed by atoms with Crippen LogP contribution in [0.4, 0.5) is 0 Å². The summed E-state index contributed by atoms with van der Waals surface area (Å²) >= 11 is 1.49. The van der Waals surface area contributed by atoms with Crippen LogP contribution in [0.2, 0.25) is 0 Å². The minimum Gasteiger partial charge on any atom is -0.273 e. The molecule has 1 unspecified atom stereocenters. The molecule has 0 aliphatic carbocycles. The van der Waals surface area contributed by atoms with Crippen LogP contribution in [0.25, 0.3) is 21.3 Å². The highest BCUT2D eigenvalue weighted by molar-refractivity contribution is 7.19. The quantitative estimate of drug-likeness (QED) is 0.525. The van der Waals surface area contributed by atoms with Crippen LogP contribution in [0, 0.1) is 6.92 Å². The minimum absolute atomic E-state index is 0.0480. The van der Waals surface area contributed by atoms with Crippen LogP contribution >= 0.6 is 11.3 Å². The molecule has 0 spiro atoms. The van der Waals surface area contributed by atoms with Crippen molar-refractivity contribution in [2.24, 2.45) is 0 Å². The van der Waals surface area contributed by atoms with Gasteiger partial charge in [-0.05, 0) is 24.0 Å². The van der Waals surface area contributed by atoms with E-state index in [-0.39, 0.29) is 23.8 Å². The van der Waals surface area contributed by atoms with Crippen LogP contribution in [0.5, 0.6) is 0 Å². The van der Waals surface area contributed by atoms with E-state index in [2.05, 4.69) is 10.4 Å². The van der Waals surface area contributed by atoms with Crippen LogP contribution in [-0.2, 0) is 4.79 Å². The number of nitrogens with zero attached hydrogens (tertiary/aromatic N) is 2. The molecule has 0 saturated carbocycles. The number of thiophene rings is 1. The first-order valence-corrected chi connectivity index (χ1v) is 10.3. The van der Waals surface area contributed by atoms with Crippen molar-refractivity contribution in [3.05, 3.63) is 87.8 Å². The molecule has 4 aromatic rings. The summed E-state index contributed by atoms with van der Waals surface area (Å²) in [6, 6.07) is 19.6. The Bertz CT molecular complexity index is 1210. The Morgan fingerprint density at radius 2 is 1.76 bits per heavy atom.